The van der Waals surface area contributed by atoms with Crippen molar-refractivity contribution in [2.24, 2.45) is 0 Å². The Hall–Kier alpha value is -1.18. The number of hydrogen-bond acceptors (Lipinski definition) is 2. The predicted molar refractivity (Wildman–Crippen MR) is 66.6 cm³/mol. The summed E-state index contributed by atoms with van der Waals surface area (Å²) in [6, 6.07) is 0. The minimum absolute atomic E-state index is 0.619. The number of hydrogen-bond donors (Lipinski definition) is 0. The van der Waals surface area contributed by atoms with Gasteiger partial charge in [-0.05, 0) is 25.5 Å². The fraction of sp³-hybridized carbons (Fsp3) is 0.538. The van der Waals surface area contributed by atoms with E-state index in [4.69, 9.17) is 9.47 Å². The molecule has 88 valence electrons. The van der Waals surface area contributed by atoms with Crippen LogP contribution in [0.5, 0.6) is 0 Å². The van der Waals surface area contributed by atoms with E-state index in [1.54, 1.807) is 13.2 Å². The highest BCUT2D eigenvalue weighted by Crippen LogP contribution is 2.10. The van der Waals surface area contributed by atoms with Crippen LogP contribution in [-0.4, -0.2) is 13.7 Å². The van der Waals surface area contributed by atoms with Crippen LogP contribution in [0, 0.1) is 0 Å². The fourth-order valence-corrected chi connectivity index (χ4v) is 0.862. The summed E-state index contributed by atoms with van der Waals surface area (Å²) in [5, 5.41) is 0. The molecule has 2 heteroatoms. The molecule has 15 heavy (non-hydrogen) atoms. The Morgan fingerprint density at radius 3 is 2.13 bits per heavy atom. The monoisotopic (exact) mass is 212 g/mol. The van der Waals surface area contributed by atoms with Gasteiger partial charge in [0.05, 0.1) is 13.7 Å². The van der Waals surface area contributed by atoms with Crippen molar-refractivity contribution < 1.29 is 9.47 Å². The molecular weight excluding hydrogens is 188 g/mol. The highest BCUT2D eigenvalue weighted by atomic mass is 16.5. The average molecular weight is 212 g/mol. The molecule has 0 bridgehead atoms. The lowest BCUT2D eigenvalue weighted by Gasteiger charge is -2.07. The molecule has 0 rings (SSSR count). The Kier molecular flexibility index (Phi) is 13.9. The molecule has 0 aromatic heterocycles. The van der Waals surface area contributed by atoms with Gasteiger partial charge in [-0.2, -0.15) is 0 Å². The molecule has 0 aliphatic carbocycles. The van der Waals surface area contributed by atoms with Gasteiger partial charge in [-0.3, -0.25) is 0 Å². The molecule has 0 N–H and O–H groups in total. The summed E-state index contributed by atoms with van der Waals surface area (Å²) in [5.41, 5.74) is 0. The SMILES string of the molecule is C=C/C(OCC)=C(\C=C\CC)OC.CC. The summed E-state index contributed by atoms with van der Waals surface area (Å²) in [4.78, 5) is 0. The molecule has 0 amide bonds. The van der Waals surface area contributed by atoms with Crippen molar-refractivity contribution in [3.63, 3.8) is 0 Å². The van der Waals surface area contributed by atoms with Crippen molar-refractivity contribution in [2.75, 3.05) is 13.7 Å². The van der Waals surface area contributed by atoms with E-state index in [1.165, 1.54) is 0 Å². The second-order valence-corrected chi connectivity index (χ2v) is 2.38. The standard InChI is InChI=1S/C11H18O2.C2H6/c1-5-8-9-11(12-4)10(6-2)13-7-3;1-2/h6,8-9H,2,5,7H2,1,3-4H3;1-2H3/b9-8+,11-10-;. The van der Waals surface area contributed by atoms with Gasteiger partial charge in [-0.1, -0.05) is 33.4 Å². The largest absolute Gasteiger partial charge is 0.493 e. The van der Waals surface area contributed by atoms with Gasteiger partial charge in [0.2, 0.25) is 0 Å². The maximum atomic E-state index is 5.33. The van der Waals surface area contributed by atoms with Gasteiger partial charge in [0.1, 0.15) is 0 Å². The van der Waals surface area contributed by atoms with Crippen molar-refractivity contribution in [3.8, 4) is 0 Å². The lowest BCUT2D eigenvalue weighted by Crippen LogP contribution is -1.95. The van der Waals surface area contributed by atoms with Gasteiger partial charge in [0.15, 0.2) is 11.5 Å². The van der Waals surface area contributed by atoms with Gasteiger partial charge in [0.25, 0.3) is 0 Å². The van der Waals surface area contributed by atoms with Crippen LogP contribution >= 0.6 is 0 Å². The third-order valence-corrected chi connectivity index (χ3v) is 1.45. The van der Waals surface area contributed by atoms with E-state index in [0.29, 0.717) is 12.4 Å². The Morgan fingerprint density at radius 2 is 1.80 bits per heavy atom. The average Bonchev–Trinajstić information content (AvgIpc) is 2.31. The molecule has 0 saturated heterocycles. The van der Waals surface area contributed by atoms with Crippen LogP contribution in [0.2, 0.25) is 0 Å². The van der Waals surface area contributed by atoms with Crippen LogP contribution in [0.3, 0.4) is 0 Å². The normalized spacial score (nSPS) is 11.3. The van der Waals surface area contributed by atoms with Crippen LogP contribution < -0.4 is 0 Å². The van der Waals surface area contributed by atoms with Crippen LogP contribution in [0.25, 0.3) is 0 Å². The molecule has 0 aromatic carbocycles. The maximum Gasteiger partial charge on any atom is 0.160 e. The number of methoxy groups -OCH3 is 1. The quantitative estimate of drug-likeness (QED) is 0.488. The molecule has 0 aromatic rings. The second-order valence-electron chi connectivity index (χ2n) is 2.38. The van der Waals surface area contributed by atoms with Gasteiger partial charge in [0, 0.05) is 0 Å². The Bertz CT molecular complexity index is 203. The van der Waals surface area contributed by atoms with Gasteiger partial charge in [-0.25, -0.2) is 0 Å². The number of allylic oxidation sites excluding steroid dienone is 3. The zero-order valence-corrected chi connectivity index (χ0v) is 10.7. The smallest absolute Gasteiger partial charge is 0.160 e. The molecule has 0 saturated carbocycles. The summed E-state index contributed by atoms with van der Waals surface area (Å²) in [5.74, 6) is 1.41. The summed E-state index contributed by atoms with van der Waals surface area (Å²) in [6.07, 6.45) is 6.54. The van der Waals surface area contributed by atoms with E-state index in [-0.39, 0.29) is 0 Å². The van der Waals surface area contributed by atoms with Crippen molar-refractivity contribution in [3.05, 3.63) is 36.3 Å². The lowest BCUT2D eigenvalue weighted by molar-refractivity contribution is 0.205. The van der Waals surface area contributed by atoms with Gasteiger partial charge < -0.3 is 9.47 Å². The molecule has 0 fully saturated rings. The van der Waals surface area contributed by atoms with Crippen LogP contribution in [-0.2, 0) is 9.47 Å². The zero-order chi connectivity index (χ0) is 12.1. The molecule has 0 radical (unpaired) electrons. The van der Waals surface area contributed by atoms with Crippen molar-refractivity contribution in [2.45, 2.75) is 34.1 Å². The first-order chi connectivity index (χ1) is 7.29. The van der Waals surface area contributed by atoms with Gasteiger partial charge >= 0.3 is 0 Å². The number of ether oxygens (including phenoxy) is 2. The van der Waals surface area contributed by atoms with E-state index in [9.17, 15) is 0 Å². The Labute approximate surface area is 94.3 Å². The first kappa shape index (κ1) is 16.3. The minimum atomic E-state index is 0.619. The molecule has 0 spiro atoms. The fourth-order valence-electron chi connectivity index (χ4n) is 0.862. The third-order valence-electron chi connectivity index (χ3n) is 1.45. The first-order valence-electron chi connectivity index (χ1n) is 5.50. The summed E-state index contributed by atoms with van der Waals surface area (Å²) >= 11 is 0. The van der Waals surface area contributed by atoms with Crippen LogP contribution in [0.1, 0.15) is 34.1 Å². The van der Waals surface area contributed by atoms with Crippen molar-refractivity contribution in [1.82, 2.24) is 0 Å². The summed E-state index contributed by atoms with van der Waals surface area (Å²) < 4.78 is 10.5. The van der Waals surface area contributed by atoms with Gasteiger partial charge in [-0.15, -0.1) is 0 Å². The Balaban J connectivity index is 0. The third kappa shape index (κ3) is 7.86. The molecule has 0 aliphatic rings. The number of rotatable bonds is 6. The van der Waals surface area contributed by atoms with Crippen molar-refractivity contribution >= 4 is 0 Å². The summed E-state index contributed by atoms with van der Waals surface area (Å²) in [7, 11) is 1.62. The predicted octanol–water partition coefficient (Wildman–Crippen LogP) is 4.06. The van der Waals surface area contributed by atoms with E-state index in [0.717, 1.165) is 12.2 Å². The van der Waals surface area contributed by atoms with E-state index < -0.39 is 0 Å². The highest BCUT2D eigenvalue weighted by molar-refractivity contribution is 5.23. The lowest BCUT2D eigenvalue weighted by atomic mass is 10.3. The molecule has 0 aliphatic heterocycles. The molecule has 2 nitrogen and oxygen atoms in total. The summed E-state index contributed by atoms with van der Waals surface area (Å²) in [6.45, 7) is 12.3. The van der Waals surface area contributed by atoms with E-state index in [2.05, 4.69) is 13.5 Å². The van der Waals surface area contributed by atoms with E-state index >= 15 is 0 Å². The topological polar surface area (TPSA) is 18.5 Å². The maximum absolute atomic E-state index is 5.33. The first-order valence-corrected chi connectivity index (χ1v) is 5.50. The minimum Gasteiger partial charge on any atom is -0.493 e. The highest BCUT2D eigenvalue weighted by Gasteiger charge is 2.00. The molecular formula is C13H24O2. The second kappa shape index (κ2) is 12.8. The van der Waals surface area contributed by atoms with Crippen molar-refractivity contribution in [1.29, 1.82) is 0 Å². The van der Waals surface area contributed by atoms with Crippen LogP contribution in [0.15, 0.2) is 36.3 Å². The van der Waals surface area contributed by atoms with Crippen LogP contribution in [0.4, 0.5) is 0 Å². The zero-order valence-electron chi connectivity index (χ0n) is 10.7. The molecule has 0 heterocycles. The Morgan fingerprint density at radius 1 is 1.20 bits per heavy atom. The van der Waals surface area contributed by atoms with E-state index in [1.807, 2.05) is 32.9 Å². The molecule has 0 atom stereocenters. The molecule has 0 unspecified atom stereocenters.